The van der Waals surface area contributed by atoms with E-state index in [0.717, 1.165) is 33.5 Å². The average molecular weight is 456 g/mol. The van der Waals surface area contributed by atoms with Crippen LogP contribution in [0.2, 0.25) is 0 Å². The van der Waals surface area contributed by atoms with E-state index in [4.69, 9.17) is 9.47 Å². The molecule has 1 N–H and O–H groups in total. The van der Waals surface area contributed by atoms with Crippen LogP contribution in [0.4, 0.5) is 4.39 Å². The molecule has 0 radical (unpaired) electrons. The van der Waals surface area contributed by atoms with Gasteiger partial charge in [-0.3, -0.25) is 4.79 Å². The summed E-state index contributed by atoms with van der Waals surface area (Å²) in [5.74, 6) is 1.09. The quantitative estimate of drug-likeness (QED) is 0.517. The highest BCUT2D eigenvalue weighted by molar-refractivity contribution is 8.00. The predicted octanol–water partition coefficient (Wildman–Crippen LogP) is 4.84. The van der Waals surface area contributed by atoms with Gasteiger partial charge in [-0.2, -0.15) is 0 Å². The molecule has 168 valence electrons. The number of aromatic nitrogens is 2. The van der Waals surface area contributed by atoms with Crippen LogP contribution in [0.5, 0.6) is 11.5 Å². The molecule has 2 aromatic carbocycles. The lowest BCUT2D eigenvalue weighted by molar-refractivity contribution is -0.120. The lowest BCUT2D eigenvalue weighted by atomic mass is 10.1. The van der Waals surface area contributed by atoms with Crippen LogP contribution >= 0.6 is 11.8 Å². The molecule has 2 atom stereocenters. The number of hydrogen-bond acceptors (Lipinski definition) is 5. The normalized spacial score (nSPS) is 14.6. The smallest absolute Gasteiger partial charge is 0.233 e. The maximum Gasteiger partial charge on any atom is 0.233 e. The van der Waals surface area contributed by atoms with Gasteiger partial charge in [0.2, 0.25) is 5.91 Å². The molecule has 2 unspecified atom stereocenters. The minimum absolute atomic E-state index is 0.0987. The zero-order chi connectivity index (χ0) is 22.7. The van der Waals surface area contributed by atoms with Crippen molar-refractivity contribution in [2.45, 2.75) is 43.8 Å². The van der Waals surface area contributed by atoms with Crippen molar-refractivity contribution in [3.05, 3.63) is 60.0 Å². The van der Waals surface area contributed by atoms with E-state index in [1.807, 2.05) is 38.2 Å². The molecule has 1 amide bonds. The number of benzene rings is 2. The Balaban J connectivity index is 1.46. The first-order valence-electron chi connectivity index (χ1n) is 10.6. The number of fused-ring (bicyclic) bond motifs is 1. The second-order valence-corrected chi connectivity index (χ2v) is 8.88. The molecule has 0 saturated carbocycles. The second-order valence-electron chi connectivity index (χ2n) is 7.57. The van der Waals surface area contributed by atoms with Crippen molar-refractivity contribution in [1.29, 1.82) is 0 Å². The van der Waals surface area contributed by atoms with Crippen LogP contribution in [0.25, 0.3) is 11.3 Å². The third-order valence-electron chi connectivity index (χ3n) is 5.35. The van der Waals surface area contributed by atoms with Gasteiger partial charge in [-0.15, -0.1) is 0 Å². The van der Waals surface area contributed by atoms with E-state index in [-0.39, 0.29) is 23.0 Å². The van der Waals surface area contributed by atoms with Crippen molar-refractivity contribution in [2.24, 2.45) is 0 Å². The number of rotatable bonds is 7. The van der Waals surface area contributed by atoms with Crippen LogP contribution in [0, 0.1) is 5.82 Å². The molecule has 0 saturated heterocycles. The molecule has 1 aliphatic rings. The minimum atomic E-state index is -0.348. The van der Waals surface area contributed by atoms with E-state index >= 15 is 0 Å². The van der Waals surface area contributed by atoms with Crippen LogP contribution in [-0.4, -0.2) is 33.9 Å². The van der Waals surface area contributed by atoms with Crippen LogP contribution in [0.3, 0.4) is 0 Å². The molecule has 1 aliphatic heterocycles. The maximum atomic E-state index is 13.1. The SMILES string of the molecule is CCn1c(-c2ccc3c(c2)OCCO3)cnc1SC(C)C(=O)NC(C)c1ccc(F)cc1. The number of halogens is 1. The molecule has 8 heteroatoms. The molecule has 0 aliphatic carbocycles. The molecule has 3 aromatic rings. The molecule has 4 rings (SSSR count). The standard InChI is InChI=1S/C24H26FN3O3S/c1-4-28-20(18-7-10-21-22(13-18)31-12-11-30-21)14-26-24(28)32-16(3)23(29)27-15(2)17-5-8-19(25)9-6-17/h5-10,13-16H,4,11-12H2,1-3H3,(H,27,29). The van der Waals surface area contributed by atoms with Crippen LogP contribution in [0.1, 0.15) is 32.4 Å². The third-order valence-corrected chi connectivity index (χ3v) is 6.46. The number of carbonyl (C=O) groups excluding carboxylic acids is 1. The summed E-state index contributed by atoms with van der Waals surface area (Å²) in [4.78, 5) is 17.3. The van der Waals surface area contributed by atoms with E-state index < -0.39 is 0 Å². The van der Waals surface area contributed by atoms with Gasteiger partial charge in [0, 0.05) is 12.1 Å². The summed E-state index contributed by atoms with van der Waals surface area (Å²) in [5.41, 5.74) is 2.80. The Bertz CT molecular complexity index is 1100. The van der Waals surface area contributed by atoms with E-state index in [0.29, 0.717) is 19.8 Å². The fourth-order valence-electron chi connectivity index (χ4n) is 3.57. The highest BCUT2D eigenvalue weighted by atomic mass is 32.2. The highest BCUT2D eigenvalue weighted by Gasteiger charge is 2.22. The van der Waals surface area contributed by atoms with Gasteiger partial charge in [0.05, 0.1) is 23.2 Å². The second kappa shape index (κ2) is 9.65. The Hall–Kier alpha value is -3.00. The zero-order valence-corrected chi connectivity index (χ0v) is 19.1. The topological polar surface area (TPSA) is 65.4 Å². The zero-order valence-electron chi connectivity index (χ0n) is 18.3. The largest absolute Gasteiger partial charge is 0.486 e. The van der Waals surface area contributed by atoms with Crippen LogP contribution in [-0.2, 0) is 11.3 Å². The Morgan fingerprint density at radius 1 is 1.16 bits per heavy atom. The van der Waals surface area contributed by atoms with Crippen LogP contribution in [0.15, 0.2) is 53.8 Å². The number of amides is 1. The van der Waals surface area contributed by atoms with Gasteiger partial charge in [-0.1, -0.05) is 23.9 Å². The van der Waals surface area contributed by atoms with Gasteiger partial charge in [0.1, 0.15) is 19.0 Å². The lowest BCUT2D eigenvalue weighted by Crippen LogP contribution is -2.33. The summed E-state index contributed by atoms with van der Waals surface area (Å²) in [7, 11) is 0. The number of nitrogens with one attached hydrogen (secondary N) is 1. The molecule has 6 nitrogen and oxygen atoms in total. The van der Waals surface area contributed by atoms with Gasteiger partial charge in [0.15, 0.2) is 16.7 Å². The Kier molecular flexibility index (Phi) is 6.69. The summed E-state index contributed by atoms with van der Waals surface area (Å²) in [5, 5.41) is 3.42. The Morgan fingerprint density at radius 2 is 1.88 bits per heavy atom. The number of ether oxygens (including phenoxy) is 2. The van der Waals surface area contributed by atoms with E-state index in [1.165, 1.54) is 23.9 Å². The number of imidazole rings is 1. The summed E-state index contributed by atoms with van der Waals surface area (Å²) < 4.78 is 26.6. The van der Waals surface area contributed by atoms with Crippen molar-refractivity contribution in [2.75, 3.05) is 13.2 Å². The average Bonchev–Trinajstić information content (AvgIpc) is 3.21. The highest BCUT2D eigenvalue weighted by Crippen LogP contribution is 2.36. The van der Waals surface area contributed by atoms with Gasteiger partial charge in [-0.25, -0.2) is 9.37 Å². The molecule has 0 fully saturated rings. The minimum Gasteiger partial charge on any atom is -0.486 e. The fourth-order valence-corrected chi connectivity index (χ4v) is 4.53. The van der Waals surface area contributed by atoms with Crippen molar-refractivity contribution in [3.8, 4) is 22.8 Å². The maximum absolute atomic E-state index is 13.1. The third kappa shape index (κ3) is 4.75. The molecular formula is C24H26FN3O3S. The summed E-state index contributed by atoms with van der Waals surface area (Å²) in [6.07, 6.45) is 1.82. The monoisotopic (exact) mass is 455 g/mol. The number of hydrogen-bond donors (Lipinski definition) is 1. The summed E-state index contributed by atoms with van der Waals surface area (Å²) in [6.45, 7) is 7.60. The van der Waals surface area contributed by atoms with Gasteiger partial charge < -0.3 is 19.4 Å². The number of nitrogens with zero attached hydrogens (tertiary/aromatic N) is 2. The van der Waals surface area contributed by atoms with E-state index in [9.17, 15) is 9.18 Å². The molecule has 32 heavy (non-hydrogen) atoms. The first-order chi connectivity index (χ1) is 15.5. The molecule has 1 aromatic heterocycles. The molecule has 0 spiro atoms. The predicted molar refractivity (Wildman–Crippen MR) is 123 cm³/mol. The van der Waals surface area contributed by atoms with Crippen molar-refractivity contribution >= 4 is 17.7 Å². The van der Waals surface area contributed by atoms with Gasteiger partial charge in [0.25, 0.3) is 0 Å². The summed E-state index contributed by atoms with van der Waals surface area (Å²) in [6, 6.07) is 11.8. The first-order valence-corrected chi connectivity index (χ1v) is 11.5. The van der Waals surface area contributed by atoms with Crippen molar-refractivity contribution in [3.63, 3.8) is 0 Å². The Labute approximate surface area is 191 Å². The van der Waals surface area contributed by atoms with E-state index in [1.54, 1.807) is 12.1 Å². The first kappa shape index (κ1) is 22.2. The molecule has 2 heterocycles. The molecular weight excluding hydrogens is 429 g/mol. The Morgan fingerprint density at radius 3 is 2.59 bits per heavy atom. The lowest BCUT2D eigenvalue weighted by Gasteiger charge is -2.19. The number of thioether (sulfide) groups is 1. The fraction of sp³-hybridized carbons (Fsp3) is 0.333. The number of carbonyl (C=O) groups is 1. The summed E-state index contributed by atoms with van der Waals surface area (Å²) >= 11 is 1.41. The van der Waals surface area contributed by atoms with Crippen LogP contribution < -0.4 is 14.8 Å². The molecule has 0 bridgehead atoms. The van der Waals surface area contributed by atoms with Crippen molar-refractivity contribution in [1.82, 2.24) is 14.9 Å². The van der Waals surface area contributed by atoms with E-state index in [2.05, 4.69) is 21.8 Å². The van der Waals surface area contributed by atoms with Gasteiger partial charge >= 0.3 is 0 Å². The van der Waals surface area contributed by atoms with Crippen molar-refractivity contribution < 1.29 is 18.7 Å². The van der Waals surface area contributed by atoms with Gasteiger partial charge in [-0.05, 0) is 56.7 Å².